The van der Waals surface area contributed by atoms with Gasteiger partial charge in [0.1, 0.15) is 0 Å². The third-order valence-electron chi connectivity index (χ3n) is 3.05. The van der Waals surface area contributed by atoms with Crippen molar-refractivity contribution in [2.45, 2.75) is 6.92 Å². The monoisotopic (exact) mass is 279 g/mol. The highest BCUT2D eigenvalue weighted by Gasteiger charge is 2.17. The van der Waals surface area contributed by atoms with Gasteiger partial charge in [-0.2, -0.15) is 11.8 Å². The molecule has 1 aromatic rings. The molecule has 0 aliphatic carbocycles. The summed E-state index contributed by atoms with van der Waals surface area (Å²) >= 11 is 1.85. The molecule has 1 heterocycles. The Labute approximate surface area is 116 Å². The third-order valence-corrected chi connectivity index (χ3v) is 4.00. The fourth-order valence-electron chi connectivity index (χ4n) is 1.93. The molecule has 1 saturated heterocycles. The number of thioether (sulfide) groups is 1. The molecule has 6 heteroatoms. The zero-order valence-corrected chi connectivity index (χ0v) is 11.6. The van der Waals surface area contributed by atoms with Crippen LogP contribution in [-0.2, 0) is 0 Å². The smallest absolute Gasteiger partial charge is 0.321 e. The summed E-state index contributed by atoms with van der Waals surface area (Å²) in [6.07, 6.45) is 0. The largest absolute Gasteiger partial charge is 0.366 e. The Hall–Kier alpha value is -1.69. The minimum atomic E-state index is -0.483. The van der Waals surface area contributed by atoms with Crippen LogP contribution in [-0.4, -0.2) is 41.4 Å². The van der Waals surface area contributed by atoms with E-state index >= 15 is 0 Å². The summed E-state index contributed by atoms with van der Waals surface area (Å²) in [6, 6.07) is 5.05. The van der Waals surface area contributed by atoms with Gasteiger partial charge in [0.25, 0.3) is 0 Å². The zero-order chi connectivity index (χ0) is 13.8. The predicted molar refractivity (Wildman–Crippen MR) is 77.6 cm³/mol. The van der Waals surface area contributed by atoms with Crippen LogP contribution in [0.25, 0.3) is 0 Å². The Kier molecular flexibility index (Phi) is 4.31. The summed E-state index contributed by atoms with van der Waals surface area (Å²) in [7, 11) is 0. The molecule has 1 aromatic carbocycles. The molecule has 5 nitrogen and oxygen atoms in total. The van der Waals surface area contributed by atoms with Gasteiger partial charge in [0.05, 0.1) is 0 Å². The highest BCUT2D eigenvalue weighted by Crippen LogP contribution is 2.16. The van der Waals surface area contributed by atoms with Crippen molar-refractivity contribution in [3.05, 3.63) is 29.3 Å². The van der Waals surface area contributed by atoms with Crippen LogP contribution in [0.3, 0.4) is 0 Å². The van der Waals surface area contributed by atoms with E-state index in [1.165, 1.54) is 0 Å². The van der Waals surface area contributed by atoms with Crippen LogP contribution in [0.2, 0.25) is 0 Å². The summed E-state index contributed by atoms with van der Waals surface area (Å²) < 4.78 is 0. The molecule has 0 spiro atoms. The molecule has 0 aromatic heterocycles. The lowest BCUT2D eigenvalue weighted by Crippen LogP contribution is -2.40. The van der Waals surface area contributed by atoms with Crippen LogP contribution >= 0.6 is 11.8 Å². The molecule has 1 aliphatic rings. The molecule has 2 rings (SSSR count). The Bertz CT molecular complexity index is 499. The van der Waals surface area contributed by atoms with Gasteiger partial charge in [-0.3, -0.25) is 4.79 Å². The number of carbonyl (C=O) groups excluding carboxylic acids is 2. The minimum absolute atomic E-state index is 0.125. The van der Waals surface area contributed by atoms with Crippen molar-refractivity contribution in [3.63, 3.8) is 0 Å². The van der Waals surface area contributed by atoms with Gasteiger partial charge in [-0.25, -0.2) is 4.79 Å². The fraction of sp³-hybridized carbons (Fsp3) is 0.385. The van der Waals surface area contributed by atoms with Gasteiger partial charge < -0.3 is 16.0 Å². The average molecular weight is 279 g/mol. The molecule has 3 amide bonds. The molecular weight excluding hydrogens is 262 g/mol. The third kappa shape index (κ3) is 3.41. The van der Waals surface area contributed by atoms with Crippen LogP contribution in [0.1, 0.15) is 15.9 Å². The number of carbonyl (C=O) groups is 2. The van der Waals surface area contributed by atoms with Gasteiger partial charge in [-0.1, -0.05) is 6.07 Å². The van der Waals surface area contributed by atoms with Crippen LogP contribution in [0.5, 0.6) is 0 Å². The van der Waals surface area contributed by atoms with Crippen molar-refractivity contribution in [2.24, 2.45) is 5.73 Å². The molecule has 102 valence electrons. The lowest BCUT2D eigenvalue weighted by molar-refractivity contribution is 0.0999. The number of rotatable bonds is 2. The number of nitrogens with two attached hydrogens (primary N) is 1. The Morgan fingerprint density at radius 1 is 1.32 bits per heavy atom. The highest BCUT2D eigenvalue weighted by molar-refractivity contribution is 7.99. The van der Waals surface area contributed by atoms with E-state index in [4.69, 9.17) is 5.73 Å². The maximum atomic E-state index is 12.0. The van der Waals surface area contributed by atoms with Gasteiger partial charge in [0.15, 0.2) is 0 Å². The van der Waals surface area contributed by atoms with Gasteiger partial charge in [0.2, 0.25) is 5.91 Å². The van der Waals surface area contributed by atoms with Gasteiger partial charge in [-0.15, -0.1) is 0 Å². The number of hydrogen-bond acceptors (Lipinski definition) is 3. The lowest BCUT2D eigenvalue weighted by atomic mass is 10.1. The first-order chi connectivity index (χ1) is 9.08. The van der Waals surface area contributed by atoms with E-state index in [2.05, 4.69) is 5.32 Å². The number of nitrogens with zero attached hydrogens (tertiary/aromatic N) is 1. The number of urea groups is 1. The number of benzene rings is 1. The molecule has 0 unspecified atom stereocenters. The molecular formula is C13H17N3O2S. The van der Waals surface area contributed by atoms with E-state index in [1.807, 2.05) is 18.7 Å². The number of aryl methyl sites for hydroxylation is 1. The van der Waals surface area contributed by atoms with Gasteiger partial charge >= 0.3 is 6.03 Å². The second-order valence-corrected chi connectivity index (χ2v) is 5.65. The normalized spacial score (nSPS) is 15.1. The number of primary amides is 1. The topological polar surface area (TPSA) is 75.4 Å². The first kappa shape index (κ1) is 13.7. The van der Waals surface area contributed by atoms with Crippen molar-refractivity contribution >= 4 is 29.4 Å². The first-order valence-electron chi connectivity index (χ1n) is 6.12. The molecule has 0 bridgehead atoms. The Balaban J connectivity index is 2.08. The SMILES string of the molecule is Cc1ccc(NC(=O)N2CCSCC2)cc1C(N)=O. The van der Waals surface area contributed by atoms with Gasteiger partial charge in [-0.05, 0) is 24.6 Å². The Morgan fingerprint density at radius 2 is 2.00 bits per heavy atom. The summed E-state index contributed by atoms with van der Waals surface area (Å²) in [5, 5.41) is 2.80. The molecule has 1 aliphatic heterocycles. The van der Waals surface area contributed by atoms with Crippen LogP contribution in [0, 0.1) is 6.92 Å². The van der Waals surface area contributed by atoms with Crippen molar-refractivity contribution < 1.29 is 9.59 Å². The number of amides is 3. The molecule has 0 atom stereocenters. The Morgan fingerprint density at radius 3 is 2.63 bits per heavy atom. The van der Waals surface area contributed by atoms with E-state index in [0.717, 1.165) is 30.2 Å². The zero-order valence-electron chi connectivity index (χ0n) is 10.8. The molecule has 1 fully saturated rings. The fourth-order valence-corrected chi connectivity index (χ4v) is 2.84. The lowest BCUT2D eigenvalue weighted by Gasteiger charge is -2.26. The van der Waals surface area contributed by atoms with E-state index in [1.54, 1.807) is 23.1 Å². The standard InChI is InChI=1S/C13H17N3O2S/c1-9-2-3-10(8-11(9)12(14)17)15-13(18)16-4-6-19-7-5-16/h2-3,8H,4-7H2,1H3,(H2,14,17)(H,15,18). The van der Waals surface area contributed by atoms with Crippen LogP contribution in [0.4, 0.5) is 10.5 Å². The van der Waals surface area contributed by atoms with E-state index in [0.29, 0.717) is 11.3 Å². The highest BCUT2D eigenvalue weighted by atomic mass is 32.2. The quantitative estimate of drug-likeness (QED) is 0.864. The van der Waals surface area contributed by atoms with Crippen molar-refractivity contribution in [2.75, 3.05) is 29.9 Å². The average Bonchev–Trinajstić information content (AvgIpc) is 2.41. The maximum Gasteiger partial charge on any atom is 0.321 e. The van der Waals surface area contributed by atoms with E-state index in [-0.39, 0.29) is 6.03 Å². The van der Waals surface area contributed by atoms with E-state index < -0.39 is 5.91 Å². The van der Waals surface area contributed by atoms with Crippen molar-refractivity contribution in [1.29, 1.82) is 0 Å². The summed E-state index contributed by atoms with van der Waals surface area (Å²) in [6.45, 7) is 3.32. The number of anilines is 1. The predicted octanol–water partition coefficient (Wildman–Crippen LogP) is 1.67. The minimum Gasteiger partial charge on any atom is -0.366 e. The first-order valence-corrected chi connectivity index (χ1v) is 7.27. The summed E-state index contributed by atoms with van der Waals surface area (Å²) in [4.78, 5) is 25.1. The molecule has 19 heavy (non-hydrogen) atoms. The molecule has 0 radical (unpaired) electrons. The number of hydrogen-bond donors (Lipinski definition) is 2. The van der Waals surface area contributed by atoms with Gasteiger partial charge in [0, 0.05) is 35.8 Å². The summed E-state index contributed by atoms with van der Waals surface area (Å²) in [5.41, 5.74) is 7.13. The second kappa shape index (κ2) is 5.97. The number of nitrogens with one attached hydrogen (secondary N) is 1. The second-order valence-electron chi connectivity index (χ2n) is 4.42. The van der Waals surface area contributed by atoms with Crippen molar-refractivity contribution in [3.8, 4) is 0 Å². The van der Waals surface area contributed by atoms with Crippen molar-refractivity contribution in [1.82, 2.24) is 4.90 Å². The maximum absolute atomic E-state index is 12.0. The molecule has 3 N–H and O–H groups in total. The van der Waals surface area contributed by atoms with Crippen LogP contribution in [0.15, 0.2) is 18.2 Å². The van der Waals surface area contributed by atoms with Crippen LogP contribution < -0.4 is 11.1 Å². The van der Waals surface area contributed by atoms with E-state index in [9.17, 15) is 9.59 Å². The molecule has 0 saturated carbocycles. The summed E-state index contributed by atoms with van der Waals surface area (Å²) in [5.74, 6) is 1.45.